The molecule has 9 atom stereocenters. The van der Waals surface area contributed by atoms with E-state index in [0.717, 1.165) is 206 Å². The molecule has 0 saturated heterocycles. The van der Waals surface area contributed by atoms with Gasteiger partial charge in [0.1, 0.15) is 4.99 Å². The standard InChI is InChI=1S/C20H24N2O2S.C18H20N2O4.C18H22N2O2.C18H21NO2.C17H20N2O/c1-12(20-8-13-5-14(9-20)7-15(6-13)10-20)21-11-17-16(19(21)25)3-2-4-18(17)22(23)24;21-16-13-2-1-3-15(20(23)24)14(13)9-19(16)17-5-11-4-12(6-17)8-18(22,7-11)10-17;19-15-3-1-2-13-14(15)9-20(16(13)21)17-5-11-4-12(6-17)8-18(22,7-11)10-17;20-16-15-4-2-1-3-14(15)10-19(16)17-6-12-5-13(7-17)9-18(21,8-12)11-17;18-15-3-1-2-13-14(15)9-19(16(13)20)17-7-10-4-11(8-17)6-12(17)5-10/h2-4,12-15H,5-11H2,1H3;1-3,11-12,22H,4-10H2;1-3,11-12,22H,4-10,19H2;1-4,12-13,21H,5-11H2;1-3,10-12H,4-9,18H2. The molecule has 9 unspecified atom stereocenters. The first-order valence-electron chi connectivity index (χ1n) is 42.7. The van der Waals surface area contributed by atoms with E-state index in [1.807, 2.05) is 65.6 Å². The zero-order valence-electron chi connectivity index (χ0n) is 64.6. The topological polar surface area (TPSA) is 283 Å². The van der Waals surface area contributed by atoms with E-state index in [4.69, 9.17) is 23.7 Å². The van der Waals surface area contributed by atoms with Crippen LogP contribution >= 0.6 is 12.2 Å². The van der Waals surface area contributed by atoms with Crippen LogP contribution in [0.3, 0.4) is 0 Å². The number of nitrogens with two attached hydrogens (primary N) is 2. The smallest absolute Gasteiger partial charge is 0.275 e. The lowest BCUT2D eigenvalue weighted by Gasteiger charge is -2.62. The monoisotopic (exact) mass is 1530 g/mol. The molecular formula is C91H107N9O11S. The highest BCUT2D eigenvalue weighted by atomic mass is 32.1. The fourth-order valence-corrected chi connectivity index (χ4v) is 31.9. The third kappa shape index (κ3) is 11.2. The van der Waals surface area contributed by atoms with Crippen molar-refractivity contribution in [1.82, 2.24) is 24.5 Å². The Labute approximate surface area is 660 Å². The lowest BCUT2D eigenvalue weighted by Crippen LogP contribution is -2.65. The lowest BCUT2D eigenvalue weighted by molar-refractivity contribution is -0.385. The van der Waals surface area contributed by atoms with E-state index >= 15 is 0 Å². The van der Waals surface area contributed by atoms with Crippen LogP contribution < -0.4 is 11.5 Å². The number of carbonyl (C=O) groups excluding carboxylic acids is 4. The van der Waals surface area contributed by atoms with Crippen LogP contribution in [0.4, 0.5) is 22.7 Å². The van der Waals surface area contributed by atoms with Crippen molar-refractivity contribution in [3.8, 4) is 0 Å². The number of nitrogens with zero attached hydrogens (tertiary/aromatic N) is 7. The maximum Gasteiger partial charge on any atom is 0.275 e. The molecule has 5 heterocycles. The van der Waals surface area contributed by atoms with Crippen molar-refractivity contribution in [2.75, 3.05) is 11.5 Å². The maximum atomic E-state index is 13.0. The molecule has 20 saturated carbocycles. The van der Waals surface area contributed by atoms with Crippen molar-refractivity contribution in [3.05, 3.63) is 173 Å². The zero-order valence-corrected chi connectivity index (χ0v) is 65.4. The van der Waals surface area contributed by atoms with Gasteiger partial charge < -0.3 is 51.3 Å². The van der Waals surface area contributed by atoms with Crippen LogP contribution in [0.15, 0.2) is 97.1 Å². The minimum atomic E-state index is -0.648. The molecule has 25 aliphatic rings. The number of hydrogen-bond donors (Lipinski definition) is 5. The lowest BCUT2D eigenvalue weighted by atomic mass is 9.47. The number of anilines is 2. The quantitative estimate of drug-likeness (QED) is 0.0418. The first kappa shape index (κ1) is 71.9. The summed E-state index contributed by atoms with van der Waals surface area (Å²) in [6.45, 7) is 5.35. The van der Waals surface area contributed by atoms with E-state index in [1.165, 1.54) is 89.5 Å². The Kier molecular flexibility index (Phi) is 16.1. The zero-order chi connectivity index (χ0) is 76.9. The number of hydrogen-bond acceptors (Lipinski definition) is 14. The Morgan fingerprint density at radius 2 is 0.732 bits per heavy atom. The van der Waals surface area contributed by atoms with Crippen LogP contribution in [0.5, 0.6) is 0 Å². The molecule has 0 aromatic heterocycles. The third-order valence-electron chi connectivity index (χ3n) is 33.8. The summed E-state index contributed by atoms with van der Waals surface area (Å²) in [4.78, 5) is 85.1. The molecule has 0 spiro atoms. The summed E-state index contributed by atoms with van der Waals surface area (Å²) in [5, 5.41) is 55.5. The van der Waals surface area contributed by atoms with Gasteiger partial charge in [-0.05, 0) is 312 Å². The van der Waals surface area contributed by atoms with Gasteiger partial charge in [-0.3, -0.25) is 39.4 Å². The second-order valence-corrected chi connectivity index (χ2v) is 41.2. The predicted octanol–water partition coefficient (Wildman–Crippen LogP) is 15.2. The Morgan fingerprint density at radius 1 is 0.393 bits per heavy atom. The molecule has 112 heavy (non-hydrogen) atoms. The van der Waals surface area contributed by atoms with E-state index in [9.17, 15) is 54.7 Å². The highest BCUT2D eigenvalue weighted by Gasteiger charge is 2.67. The summed E-state index contributed by atoms with van der Waals surface area (Å²) in [6, 6.07) is 29.9. The summed E-state index contributed by atoms with van der Waals surface area (Å²) in [6.07, 6.45) is 32.4. The van der Waals surface area contributed by atoms with Gasteiger partial charge in [-0.2, -0.15) is 0 Å². The molecule has 21 heteroatoms. The summed E-state index contributed by atoms with van der Waals surface area (Å²) >= 11 is 5.78. The maximum absolute atomic E-state index is 13.0. The average molecular weight is 1530 g/mol. The number of nitrogen functional groups attached to an aromatic ring is 2. The SMILES string of the molecule is CC(N1Cc2c(cccc2[N+](=O)[O-])C1=S)C12CC3CC(CC(C3)C1)C2.Nc1cccc2c1CN(C13CC4CC(CC(O)(C4)C1)C3)C2=O.Nc1cccc2c1CN(C13CC4CC(CC1C4)C3)C2=O.O=C1c2cccc([N+](=O)[O-])c2CN1C12CC3CC(CC(O)(C3)C1)C2.O=C1c2ccccc2CN1C12CC3CC(CC(O)(C3)C1)C2. The second-order valence-electron chi connectivity index (χ2n) is 40.9. The van der Waals surface area contributed by atoms with Crippen molar-refractivity contribution in [3.63, 3.8) is 0 Å². The Bertz CT molecular complexity index is 4790. The molecule has 20 nitrogen and oxygen atoms in total. The van der Waals surface area contributed by atoms with Gasteiger partial charge in [-0.15, -0.1) is 0 Å². The van der Waals surface area contributed by atoms with Crippen LogP contribution in [0, 0.1) is 96.7 Å². The number of benzene rings is 5. The Hall–Kier alpha value is -7.85. The first-order valence-corrected chi connectivity index (χ1v) is 43.1. The van der Waals surface area contributed by atoms with Crippen LogP contribution in [0.1, 0.15) is 268 Å². The molecule has 20 fully saturated rings. The minimum Gasteiger partial charge on any atom is -0.398 e. The average Bonchev–Trinajstić information content (AvgIpc) is 1.38. The number of fused-ring (bicyclic) bond motifs is 5. The highest BCUT2D eigenvalue weighted by molar-refractivity contribution is 7.80. The van der Waals surface area contributed by atoms with Crippen LogP contribution in [0.2, 0.25) is 0 Å². The van der Waals surface area contributed by atoms with Crippen LogP contribution in [-0.4, -0.2) is 123 Å². The number of rotatable bonds is 8. The van der Waals surface area contributed by atoms with E-state index in [2.05, 4.69) is 32.6 Å². The van der Waals surface area contributed by atoms with Crippen molar-refractivity contribution in [2.24, 2.45) is 76.4 Å². The minimum absolute atomic E-state index is 0.0341. The number of amides is 4. The number of thiocarbonyl (C=S) groups is 1. The number of carbonyl (C=O) groups is 4. The van der Waals surface area contributed by atoms with Crippen molar-refractivity contribution < 1.29 is 44.3 Å². The number of nitro benzene ring substituents is 2. The molecule has 588 valence electrons. The van der Waals surface area contributed by atoms with Gasteiger partial charge in [-0.25, -0.2) is 0 Å². The number of aliphatic hydroxyl groups is 3. The fourth-order valence-electron chi connectivity index (χ4n) is 31.4. The van der Waals surface area contributed by atoms with Gasteiger partial charge in [0.2, 0.25) is 0 Å². The Morgan fingerprint density at radius 3 is 1.15 bits per heavy atom. The molecule has 5 aromatic rings. The van der Waals surface area contributed by atoms with Crippen LogP contribution in [0.25, 0.3) is 0 Å². The molecule has 4 amide bonds. The molecule has 0 radical (unpaired) electrons. The van der Waals surface area contributed by atoms with Gasteiger partial charge in [0, 0.05) is 105 Å². The summed E-state index contributed by atoms with van der Waals surface area (Å²) < 4.78 is 0. The fraction of sp³-hybridized carbons (Fsp3) is 0.615. The van der Waals surface area contributed by atoms with Crippen molar-refractivity contribution in [2.45, 2.75) is 271 Å². The summed E-state index contributed by atoms with van der Waals surface area (Å²) in [7, 11) is 0. The summed E-state index contributed by atoms with van der Waals surface area (Å²) in [5.41, 5.74) is 20.7. The van der Waals surface area contributed by atoms with Gasteiger partial charge in [0.15, 0.2) is 0 Å². The normalized spacial score (nSPS) is 40.3. The third-order valence-corrected chi connectivity index (χ3v) is 34.2. The number of nitro groups is 2. The first-order chi connectivity index (χ1) is 53.6. The van der Waals surface area contributed by atoms with Gasteiger partial charge in [0.25, 0.3) is 35.0 Å². The highest BCUT2D eigenvalue weighted by Crippen LogP contribution is 2.68. The van der Waals surface area contributed by atoms with E-state index < -0.39 is 21.7 Å². The molecule has 7 N–H and O–H groups in total. The van der Waals surface area contributed by atoms with E-state index in [0.29, 0.717) is 84.1 Å². The molecule has 20 bridgehead atoms. The Balaban J connectivity index is 0.0000000886. The van der Waals surface area contributed by atoms with E-state index in [-0.39, 0.29) is 62.1 Å². The molecule has 5 aromatic carbocycles. The van der Waals surface area contributed by atoms with Crippen molar-refractivity contribution >= 4 is 63.6 Å². The molecule has 20 aliphatic carbocycles. The van der Waals surface area contributed by atoms with Gasteiger partial charge >= 0.3 is 0 Å². The largest absolute Gasteiger partial charge is 0.398 e. The van der Waals surface area contributed by atoms with Gasteiger partial charge in [-0.1, -0.05) is 60.7 Å². The predicted molar refractivity (Wildman–Crippen MR) is 425 cm³/mol. The molecule has 5 aliphatic heterocycles. The second kappa shape index (κ2) is 25.1. The molecular weight excluding hydrogens is 1430 g/mol. The summed E-state index contributed by atoms with van der Waals surface area (Å²) in [5.74, 6) is 9.02. The van der Waals surface area contributed by atoms with Gasteiger partial charge in [0.05, 0.1) is 56.4 Å². The van der Waals surface area contributed by atoms with Crippen molar-refractivity contribution in [1.29, 1.82) is 0 Å². The van der Waals surface area contributed by atoms with E-state index in [1.54, 1.807) is 24.3 Å². The van der Waals surface area contributed by atoms with Crippen LogP contribution in [-0.2, 0) is 32.7 Å². The molecule has 30 rings (SSSR count).